The van der Waals surface area contributed by atoms with Crippen molar-refractivity contribution in [2.24, 2.45) is 179 Å². The van der Waals surface area contributed by atoms with Gasteiger partial charge in [-0.3, -0.25) is 0 Å². The molecule has 14 rings (SSSR count). The Kier molecular flexibility index (Phi) is 11.9. The summed E-state index contributed by atoms with van der Waals surface area (Å²) in [5.74, 6) is 9.26. The lowest BCUT2D eigenvalue weighted by Gasteiger charge is -2.66. The van der Waals surface area contributed by atoms with Gasteiger partial charge in [-0.1, -0.05) is 228 Å². The summed E-state index contributed by atoms with van der Waals surface area (Å²) in [5.41, 5.74) is 20.6. The third-order valence-corrected chi connectivity index (χ3v) is 44.9. The van der Waals surface area contributed by atoms with Crippen LogP contribution in [0.1, 0.15) is 284 Å². The number of rotatable bonds is 2. The fraction of sp³-hybridized carbons (Fsp3) is 0.843. The van der Waals surface area contributed by atoms with Crippen molar-refractivity contribution >= 4 is 21.5 Å². The lowest BCUT2D eigenvalue weighted by Crippen LogP contribution is -2.62. The molecule has 0 nitrogen and oxygen atoms in total. The maximum atomic E-state index is 2.91. The van der Waals surface area contributed by atoms with E-state index in [0.29, 0.717) is 77.3 Å². The molecule has 11 fully saturated rings. The molecule has 496 valence electrons. The monoisotopic (exact) mass is 1210 g/mol. The van der Waals surface area contributed by atoms with Crippen LogP contribution in [0.2, 0.25) is 0 Å². The largest absolute Gasteiger partial charge is 0.0617 e. The van der Waals surface area contributed by atoms with Gasteiger partial charge in [-0.05, 0) is 325 Å². The van der Waals surface area contributed by atoms with Crippen LogP contribution in [0.5, 0.6) is 0 Å². The van der Waals surface area contributed by atoms with Gasteiger partial charge in [0.2, 0.25) is 0 Å². The van der Waals surface area contributed by atoms with E-state index in [1.165, 1.54) is 60.8 Å². The second-order valence-corrected chi connectivity index (χ2v) is 43.5. The van der Waals surface area contributed by atoms with E-state index in [1.54, 1.807) is 16.3 Å². The van der Waals surface area contributed by atoms with Crippen LogP contribution in [-0.2, 0) is 6.42 Å². The molecule has 0 N–H and O–H groups in total. The smallest absolute Gasteiger partial charge is 0.0108 e. The highest BCUT2D eigenvalue weighted by Crippen LogP contribution is 3.04. The molecule has 0 radical (unpaired) electrons. The van der Waals surface area contributed by atoms with Gasteiger partial charge in [0.25, 0.3) is 0 Å². The minimum atomic E-state index is 0.0791. The highest BCUT2D eigenvalue weighted by Gasteiger charge is 3.00. The van der Waals surface area contributed by atoms with Crippen molar-refractivity contribution < 1.29 is 0 Å². The lowest BCUT2D eigenvalue weighted by molar-refractivity contribution is -0.196. The average molecular weight is 1210 g/mol. The molecule has 0 aliphatic heterocycles. The maximum absolute atomic E-state index is 2.91. The Hall–Kier alpha value is -1.82. The van der Waals surface area contributed by atoms with Crippen molar-refractivity contribution in [1.29, 1.82) is 0 Å². The second kappa shape index (κ2) is 16.1. The molecule has 11 saturated carbocycles. The molecule has 0 aromatic heterocycles. The Balaban J connectivity index is 0.000000167. The summed E-state index contributed by atoms with van der Waals surface area (Å²) < 4.78 is 0. The second-order valence-electron chi connectivity index (χ2n) is 43.5. The van der Waals surface area contributed by atoms with Gasteiger partial charge in [0.15, 0.2) is 0 Å². The molecule has 10 bridgehead atoms. The molecule has 0 amide bonds. The number of aryl methyl sites for hydroxylation is 5. The van der Waals surface area contributed by atoms with Crippen LogP contribution in [0.25, 0.3) is 21.5 Å². The standard InChI is InChI=1S/C49H72.C40H68/c1-24-26(3)30(7)38-35(39-31(8)27(4)25(2)29(6)37(39)32(9)36(38)28(24)5)23-45(18)42(12,13)48(21)40-41(49(45,22)44(48,16)17)47(20)34(11)33(10)46(40,19)43(47,14)15;1-21-22(2)36(16)25-23(35(21,15)32(36,9)10)24-26(29(25,3)4)38(18)28-27(37(24,17)33(38,11)12)39(19)30(5,6)31(7,8)40(28,20)34(39,13)14/h33-34,40-41H,23H2,1-22H3;21-28H,1-20H3. The highest BCUT2D eigenvalue weighted by molar-refractivity contribution is 6.11. The van der Waals surface area contributed by atoms with Crippen molar-refractivity contribution in [1.82, 2.24) is 0 Å². The molecule has 0 heterocycles. The van der Waals surface area contributed by atoms with Crippen molar-refractivity contribution in [3.63, 3.8) is 0 Å². The van der Waals surface area contributed by atoms with E-state index < -0.39 is 0 Å². The fourth-order valence-electron chi connectivity index (χ4n) is 36.4. The summed E-state index contributed by atoms with van der Waals surface area (Å²) >= 11 is 0. The normalized spacial score (nSPS) is 52.4. The zero-order valence-electron chi connectivity index (χ0n) is 66.6. The first-order valence-electron chi connectivity index (χ1n) is 37.5. The summed E-state index contributed by atoms with van der Waals surface area (Å²) in [6, 6.07) is 0. The van der Waals surface area contributed by atoms with Crippen molar-refractivity contribution in [2.45, 2.75) is 297 Å². The number of benzene rings is 3. The lowest BCUT2D eigenvalue weighted by atomic mass is 9.37. The molecule has 0 heteroatoms. The van der Waals surface area contributed by atoms with Crippen LogP contribution >= 0.6 is 0 Å². The highest BCUT2D eigenvalue weighted by atomic mass is 15.0. The molecular formula is C89H140. The third kappa shape index (κ3) is 5.07. The molecule has 0 saturated heterocycles. The molecule has 3 aromatic rings. The van der Waals surface area contributed by atoms with Gasteiger partial charge in [0.1, 0.15) is 0 Å². The van der Waals surface area contributed by atoms with Gasteiger partial charge >= 0.3 is 0 Å². The van der Waals surface area contributed by atoms with Gasteiger partial charge in [-0.15, -0.1) is 0 Å². The van der Waals surface area contributed by atoms with E-state index in [-0.39, 0.29) is 48.7 Å². The van der Waals surface area contributed by atoms with Crippen molar-refractivity contribution in [2.75, 3.05) is 0 Å². The quantitative estimate of drug-likeness (QED) is 0.177. The Morgan fingerprint density at radius 3 is 0.876 bits per heavy atom. The van der Waals surface area contributed by atoms with Crippen molar-refractivity contribution in [3.8, 4) is 0 Å². The number of hydrogen-bond acceptors (Lipinski definition) is 0. The van der Waals surface area contributed by atoms with E-state index in [2.05, 4.69) is 291 Å². The Morgan fingerprint density at radius 2 is 0.483 bits per heavy atom. The molecule has 89 heavy (non-hydrogen) atoms. The number of fused-ring (bicyclic) bond motifs is 29. The van der Waals surface area contributed by atoms with E-state index >= 15 is 0 Å². The maximum Gasteiger partial charge on any atom is -0.0108 e. The van der Waals surface area contributed by atoms with E-state index in [9.17, 15) is 0 Å². The minimum absolute atomic E-state index is 0.0791. The predicted molar refractivity (Wildman–Crippen MR) is 386 cm³/mol. The molecule has 23 unspecified atom stereocenters. The van der Waals surface area contributed by atoms with E-state index in [0.717, 1.165) is 59.7 Å². The predicted octanol–water partition coefficient (Wildman–Crippen LogP) is 25.2. The zero-order valence-corrected chi connectivity index (χ0v) is 66.6. The summed E-state index contributed by atoms with van der Waals surface area (Å²) in [6.07, 6.45) is 1.13. The molecular weight excluding hydrogens is 1070 g/mol. The molecule has 3 aromatic carbocycles. The van der Waals surface area contributed by atoms with Gasteiger partial charge < -0.3 is 0 Å². The Morgan fingerprint density at radius 1 is 0.225 bits per heavy atom. The van der Waals surface area contributed by atoms with Crippen LogP contribution in [0, 0.1) is 242 Å². The van der Waals surface area contributed by atoms with Gasteiger partial charge in [-0.25, -0.2) is 0 Å². The van der Waals surface area contributed by atoms with Crippen LogP contribution in [-0.4, -0.2) is 0 Å². The summed E-state index contributed by atoms with van der Waals surface area (Å²) in [7, 11) is 0. The number of hydrogen-bond donors (Lipinski definition) is 0. The molecule has 0 spiro atoms. The topological polar surface area (TPSA) is 0 Å². The minimum Gasteiger partial charge on any atom is -0.0617 e. The summed E-state index contributed by atoms with van der Waals surface area (Å²) in [5, 5.41) is 6.23. The Labute approximate surface area is 550 Å². The van der Waals surface area contributed by atoms with Crippen molar-refractivity contribution in [3.05, 3.63) is 55.6 Å². The first kappa shape index (κ1) is 65.8. The summed E-state index contributed by atoms with van der Waals surface area (Å²) in [6.45, 7) is 113. The van der Waals surface area contributed by atoms with E-state index in [4.69, 9.17) is 0 Å². The fourth-order valence-corrected chi connectivity index (χ4v) is 36.4. The Bertz CT molecular complexity index is 3660. The molecule has 11 aliphatic rings. The van der Waals surface area contributed by atoms with Crippen LogP contribution in [0.3, 0.4) is 0 Å². The average Bonchev–Trinajstić information content (AvgIpc) is 1.41. The SMILES string of the molecule is CC1C(C)C2(C)C3C(C4C(C3(C)C)C3(C)C5C(C4(C)C3(C)C)C3(C)C(C)(C)C(C)(C)C5(C)C3(C)C)C1(C)C2(C)C.Cc1c(C)c(C)c2c(CC3(C)C(C)(C)C4(C)C5C(C6(C)C(C)C(C)C5(C)C6(C)C)C3(C)C4(C)C)c3c(C)c(C)c(C)c(C)c3c(C)c2c1C. The van der Waals surface area contributed by atoms with Gasteiger partial charge in [-0.2, -0.15) is 0 Å². The van der Waals surface area contributed by atoms with Gasteiger partial charge in [0.05, 0.1) is 0 Å². The van der Waals surface area contributed by atoms with Crippen LogP contribution in [0.15, 0.2) is 0 Å². The van der Waals surface area contributed by atoms with Crippen LogP contribution in [0.4, 0.5) is 0 Å². The first-order valence-corrected chi connectivity index (χ1v) is 37.5. The van der Waals surface area contributed by atoms with E-state index in [1.807, 2.05) is 0 Å². The molecule has 11 aliphatic carbocycles. The zero-order chi connectivity index (χ0) is 67.7. The van der Waals surface area contributed by atoms with Gasteiger partial charge in [0, 0.05) is 0 Å². The third-order valence-electron chi connectivity index (χ3n) is 44.9. The van der Waals surface area contributed by atoms with Crippen LogP contribution < -0.4 is 0 Å². The molecule has 23 atom stereocenters. The summed E-state index contributed by atoms with van der Waals surface area (Å²) in [4.78, 5) is 0. The first-order chi connectivity index (χ1) is 39.6.